The van der Waals surface area contributed by atoms with Gasteiger partial charge in [0.1, 0.15) is 0 Å². The lowest BCUT2D eigenvalue weighted by Gasteiger charge is -2.31. The van der Waals surface area contributed by atoms with E-state index < -0.39 is 9.84 Å². The molecule has 5 heteroatoms. The van der Waals surface area contributed by atoms with E-state index in [1.54, 1.807) is 0 Å². The highest BCUT2D eigenvalue weighted by Crippen LogP contribution is 2.26. The van der Waals surface area contributed by atoms with Crippen LogP contribution >= 0.6 is 0 Å². The number of hydrogen-bond donors (Lipinski definition) is 2. The third-order valence-corrected chi connectivity index (χ3v) is 5.14. The van der Waals surface area contributed by atoms with Crippen LogP contribution in [-0.2, 0) is 9.84 Å². The Morgan fingerprint density at radius 3 is 2.57 bits per heavy atom. The molecule has 1 aliphatic carbocycles. The van der Waals surface area contributed by atoms with Gasteiger partial charge in [-0.2, -0.15) is 0 Å². The molecular weight excluding hydrogens is 200 g/mol. The van der Waals surface area contributed by atoms with Crippen LogP contribution < -0.4 is 11.1 Å². The van der Waals surface area contributed by atoms with Crippen LogP contribution in [0.4, 0.5) is 0 Å². The smallest absolute Gasteiger partial charge is 0.153 e. The molecule has 1 heterocycles. The van der Waals surface area contributed by atoms with Crippen LogP contribution in [0, 0.1) is 5.92 Å². The number of nitrogens with one attached hydrogen (secondary N) is 1. The molecule has 2 atom stereocenters. The first-order chi connectivity index (χ1) is 6.61. The normalized spacial score (nSPS) is 36.9. The van der Waals surface area contributed by atoms with Crippen molar-refractivity contribution in [1.29, 1.82) is 0 Å². The van der Waals surface area contributed by atoms with Crippen molar-refractivity contribution in [1.82, 2.24) is 5.32 Å². The van der Waals surface area contributed by atoms with Crippen molar-refractivity contribution < 1.29 is 8.42 Å². The van der Waals surface area contributed by atoms with Crippen LogP contribution in [0.1, 0.15) is 19.3 Å². The fourth-order valence-corrected chi connectivity index (χ4v) is 3.82. The van der Waals surface area contributed by atoms with E-state index in [0.29, 0.717) is 23.5 Å². The van der Waals surface area contributed by atoms with Gasteiger partial charge in [0.25, 0.3) is 0 Å². The van der Waals surface area contributed by atoms with Gasteiger partial charge in [-0.1, -0.05) is 6.42 Å². The van der Waals surface area contributed by atoms with E-state index in [9.17, 15) is 8.42 Å². The Morgan fingerprint density at radius 1 is 1.29 bits per heavy atom. The summed E-state index contributed by atoms with van der Waals surface area (Å²) in [5.41, 5.74) is 5.65. The van der Waals surface area contributed by atoms with Gasteiger partial charge in [0, 0.05) is 12.1 Å². The third-order valence-electron chi connectivity index (χ3n) is 3.32. The first kappa shape index (κ1) is 10.4. The maximum Gasteiger partial charge on any atom is 0.153 e. The molecule has 1 saturated carbocycles. The molecule has 0 aromatic heterocycles. The van der Waals surface area contributed by atoms with Crippen molar-refractivity contribution >= 4 is 9.84 Å². The van der Waals surface area contributed by atoms with E-state index >= 15 is 0 Å². The van der Waals surface area contributed by atoms with Gasteiger partial charge in [0.2, 0.25) is 0 Å². The highest BCUT2D eigenvalue weighted by Gasteiger charge is 2.37. The summed E-state index contributed by atoms with van der Waals surface area (Å²) in [7, 11) is -2.69. The van der Waals surface area contributed by atoms with Crippen molar-refractivity contribution in [3.8, 4) is 0 Å². The van der Waals surface area contributed by atoms with Crippen molar-refractivity contribution in [3.05, 3.63) is 0 Å². The fraction of sp³-hybridized carbons (Fsp3) is 1.00. The molecule has 4 nitrogen and oxygen atoms in total. The van der Waals surface area contributed by atoms with E-state index in [0.717, 1.165) is 13.0 Å². The average Bonchev–Trinajstić information content (AvgIpc) is 2.48. The molecule has 3 N–H and O–H groups in total. The summed E-state index contributed by atoms with van der Waals surface area (Å²) in [5, 5.41) is 3.41. The van der Waals surface area contributed by atoms with Crippen LogP contribution in [0.15, 0.2) is 0 Å². The van der Waals surface area contributed by atoms with Gasteiger partial charge >= 0.3 is 0 Å². The summed E-state index contributed by atoms with van der Waals surface area (Å²) in [6, 6.07) is 0.651. The quantitative estimate of drug-likeness (QED) is 0.670. The molecule has 2 fully saturated rings. The second kappa shape index (κ2) is 3.79. The van der Waals surface area contributed by atoms with Gasteiger partial charge in [0.05, 0.1) is 11.5 Å². The Morgan fingerprint density at radius 2 is 2.00 bits per heavy atom. The Bertz CT molecular complexity index is 290. The number of hydrogen-bond acceptors (Lipinski definition) is 4. The molecule has 82 valence electrons. The van der Waals surface area contributed by atoms with E-state index in [1.165, 1.54) is 12.8 Å². The van der Waals surface area contributed by atoms with Gasteiger partial charge in [-0.05, 0) is 25.3 Å². The Labute approximate surface area is 85.2 Å². The first-order valence-electron chi connectivity index (χ1n) is 5.27. The van der Waals surface area contributed by atoms with Gasteiger partial charge in [-0.3, -0.25) is 0 Å². The van der Waals surface area contributed by atoms with Crippen molar-refractivity contribution in [2.24, 2.45) is 11.7 Å². The van der Waals surface area contributed by atoms with Crippen molar-refractivity contribution in [2.75, 3.05) is 18.1 Å². The molecule has 14 heavy (non-hydrogen) atoms. The van der Waals surface area contributed by atoms with Gasteiger partial charge in [-0.25, -0.2) is 8.42 Å². The Kier molecular flexibility index (Phi) is 2.81. The molecule has 0 spiro atoms. The predicted molar refractivity (Wildman–Crippen MR) is 55.8 cm³/mol. The lowest BCUT2D eigenvalue weighted by molar-refractivity contribution is 0.370. The predicted octanol–water partition coefficient (Wildman–Crippen LogP) is -0.500. The maximum atomic E-state index is 11.0. The second-order valence-electron chi connectivity index (χ2n) is 4.47. The maximum absolute atomic E-state index is 11.0. The lowest BCUT2D eigenvalue weighted by Crippen LogP contribution is -2.55. The zero-order chi connectivity index (χ0) is 10.2. The number of nitrogens with two attached hydrogens (primary N) is 1. The van der Waals surface area contributed by atoms with Gasteiger partial charge in [0.15, 0.2) is 9.84 Å². The van der Waals surface area contributed by atoms with Crippen LogP contribution in [0.5, 0.6) is 0 Å². The fourth-order valence-electron chi connectivity index (χ4n) is 2.50. The molecule has 2 aliphatic rings. The minimum absolute atomic E-state index is 0.192. The van der Waals surface area contributed by atoms with E-state index in [4.69, 9.17) is 5.73 Å². The summed E-state index contributed by atoms with van der Waals surface area (Å²) >= 11 is 0. The summed E-state index contributed by atoms with van der Waals surface area (Å²) in [6.45, 7) is 0.719. The van der Waals surface area contributed by atoms with Crippen molar-refractivity contribution in [3.63, 3.8) is 0 Å². The zero-order valence-electron chi connectivity index (χ0n) is 8.28. The van der Waals surface area contributed by atoms with Crippen LogP contribution in [0.2, 0.25) is 0 Å². The molecule has 1 aliphatic heterocycles. The molecule has 0 bridgehead atoms. The molecular formula is C9H18N2O2S. The Balaban J connectivity index is 1.81. The van der Waals surface area contributed by atoms with Crippen LogP contribution in [0.3, 0.4) is 0 Å². The van der Waals surface area contributed by atoms with Crippen molar-refractivity contribution in [2.45, 2.75) is 31.3 Å². The summed E-state index contributed by atoms with van der Waals surface area (Å²) in [4.78, 5) is 0. The summed E-state index contributed by atoms with van der Waals surface area (Å²) in [5.74, 6) is 1.19. The lowest BCUT2D eigenvalue weighted by atomic mass is 10.0. The summed E-state index contributed by atoms with van der Waals surface area (Å²) in [6.07, 6.45) is 3.56. The van der Waals surface area contributed by atoms with E-state index in [-0.39, 0.29) is 6.04 Å². The molecule has 0 amide bonds. The number of sulfone groups is 1. The standard InChI is InChI=1S/C9H18N2O2S/c10-4-7-2-1-3-9(7)11-8-5-14(12,13)6-8/h7-9,11H,1-6,10H2. The van der Waals surface area contributed by atoms with Gasteiger partial charge < -0.3 is 11.1 Å². The van der Waals surface area contributed by atoms with E-state index in [2.05, 4.69) is 5.32 Å². The summed E-state index contributed by atoms with van der Waals surface area (Å²) < 4.78 is 21.9. The second-order valence-corrected chi connectivity index (χ2v) is 6.63. The largest absolute Gasteiger partial charge is 0.330 e. The topological polar surface area (TPSA) is 72.2 Å². The monoisotopic (exact) mass is 218 g/mol. The zero-order valence-corrected chi connectivity index (χ0v) is 9.09. The SMILES string of the molecule is NCC1CCCC1NC1CS(=O)(=O)C1. The molecule has 0 aromatic carbocycles. The average molecular weight is 218 g/mol. The Hall–Kier alpha value is -0.130. The van der Waals surface area contributed by atoms with E-state index in [1.807, 2.05) is 0 Å². The molecule has 0 radical (unpaired) electrons. The van der Waals surface area contributed by atoms with Gasteiger partial charge in [-0.15, -0.1) is 0 Å². The highest BCUT2D eigenvalue weighted by atomic mass is 32.2. The molecule has 2 rings (SSSR count). The van der Waals surface area contributed by atoms with Crippen LogP contribution in [-0.4, -0.2) is 38.6 Å². The number of rotatable bonds is 3. The minimum atomic E-state index is -2.69. The molecule has 1 saturated heterocycles. The molecule has 0 aromatic rings. The first-order valence-corrected chi connectivity index (χ1v) is 7.09. The molecule has 2 unspecified atom stereocenters. The highest BCUT2D eigenvalue weighted by molar-refractivity contribution is 7.92. The van der Waals surface area contributed by atoms with Crippen LogP contribution in [0.25, 0.3) is 0 Å². The minimum Gasteiger partial charge on any atom is -0.330 e. The third kappa shape index (κ3) is 2.10.